The second-order valence-corrected chi connectivity index (χ2v) is 8.88. The summed E-state index contributed by atoms with van der Waals surface area (Å²) in [6.45, 7) is 0. The predicted octanol–water partition coefficient (Wildman–Crippen LogP) is 5.47. The summed E-state index contributed by atoms with van der Waals surface area (Å²) in [5.74, 6) is -9.43. The summed E-state index contributed by atoms with van der Waals surface area (Å²) in [6.07, 6.45) is 0. The lowest BCUT2D eigenvalue weighted by molar-refractivity contribution is 0.102. The van der Waals surface area contributed by atoms with Gasteiger partial charge in [-0.25, -0.2) is 26.0 Å². The Balaban J connectivity index is 2.02. The van der Waals surface area contributed by atoms with Gasteiger partial charge < -0.3 is 5.32 Å². The van der Waals surface area contributed by atoms with Crippen LogP contribution in [0.5, 0.6) is 0 Å². The summed E-state index contributed by atoms with van der Waals surface area (Å²) in [6, 6.07) is 9.25. The minimum absolute atomic E-state index is 0.0623. The van der Waals surface area contributed by atoms with E-state index >= 15 is 0 Å². The number of amides is 1. The summed E-state index contributed by atoms with van der Waals surface area (Å²) in [7, 11) is -4.25. The number of halogens is 6. The van der Waals surface area contributed by atoms with Crippen molar-refractivity contribution in [2.24, 2.45) is 0 Å². The van der Waals surface area contributed by atoms with E-state index in [9.17, 15) is 30.8 Å². The van der Waals surface area contributed by atoms with Crippen LogP contribution >= 0.6 is 23.2 Å². The lowest BCUT2D eigenvalue weighted by Gasteiger charge is -2.14. The summed E-state index contributed by atoms with van der Waals surface area (Å²) >= 11 is 11.6. The van der Waals surface area contributed by atoms with Gasteiger partial charge in [0.05, 0.1) is 16.1 Å². The summed E-state index contributed by atoms with van der Waals surface area (Å²) < 4.78 is 83.4. The molecule has 3 rings (SSSR count). The van der Waals surface area contributed by atoms with Gasteiger partial charge in [-0.05, 0) is 42.5 Å². The van der Waals surface area contributed by atoms with Crippen LogP contribution in [-0.2, 0) is 10.0 Å². The van der Waals surface area contributed by atoms with Gasteiger partial charge in [-0.2, -0.15) is 5.26 Å². The highest BCUT2D eigenvalue weighted by Gasteiger charge is 2.28. The Morgan fingerprint density at radius 3 is 1.97 bits per heavy atom. The number of carbonyl (C=O) groups excluding carboxylic acids is 1. The lowest BCUT2D eigenvalue weighted by atomic mass is 10.1. The van der Waals surface area contributed by atoms with Crippen LogP contribution in [0.1, 0.15) is 15.9 Å². The SMILES string of the molecule is N#Cc1c(F)c(F)c(NC(=O)c2cc(Cl)ccc2NS(=O)(=O)c2ccc(Cl)cc2)c(F)c1F. The fraction of sp³-hybridized carbons (Fsp3) is 0. The van der Waals surface area contributed by atoms with E-state index in [1.165, 1.54) is 30.3 Å². The van der Waals surface area contributed by atoms with Crippen LogP contribution in [-0.4, -0.2) is 14.3 Å². The molecule has 3 aromatic rings. The topological polar surface area (TPSA) is 99.1 Å². The Labute approximate surface area is 194 Å². The van der Waals surface area contributed by atoms with E-state index in [-0.39, 0.29) is 20.6 Å². The van der Waals surface area contributed by atoms with Gasteiger partial charge in [0, 0.05) is 10.0 Å². The molecule has 3 aromatic carbocycles. The molecule has 0 fully saturated rings. The smallest absolute Gasteiger partial charge is 0.261 e. The minimum atomic E-state index is -4.25. The molecule has 0 unspecified atom stereocenters. The van der Waals surface area contributed by atoms with Gasteiger partial charge in [-0.15, -0.1) is 0 Å². The predicted molar refractivity (Wildman–Crippen MR) is 113 cm³/mol. The number of anilines is 2. The molecule has 0 aromatic heterocycles. The third-order valence-electron chi connectivity index (χ3n) is 4.21. The number of hydrogen-bond acceptors (Lipinski definition) is 4. The van der Waals surface area contributed by atoms with Gasteiger partial charge >= 0.3 is 0 Å². The number of nitrogens with one attached hydrogen (secondary N) is 2. The monoisotopic (exact) mass is 517 g/mol. The maximum absolute atomic E-state index is 14.2. The Hall–Kier alpha value is -3.33. The molecular formula is C20H9Cl2F4N3O3S. The average molecular weight is 518 g/mol. The molecule has 0 atom stereocenters. The van der Waals surface area contributed by atoms with Gasteiger partial charge in [0.2, 0.25) is 0 Å². The van der Waals surface area contributed by atoms with Crippen molar-refractivity contribution in [3.8, 4) is 6.07 Å². The maximum Gasteiger partial charge on any atom is 0.261 e. The number of rotatable bonds is 5. The molecule has 0 aliphatic carbocycles. The number of sulfonamides is 1. The summed E-state index contributed by atoms with van der Waals surface area (Å²) in [4.78, 5) is 12.4. The molecule has 0 spiro atoms. The van der Waals surface area contributed by atoms with Gasteiger partial charge in [-0.1, -0.05) is 23.2 Å². The molecule has 0 saturated carbocycles. The van der Waals surface area contributed by atoms with E-state index in [2.05, 4.69) is 4.72 Å². The van der Waals surface area contributed by atoms with E-state index in [0.29, 0.717) is 0 Å². The molecule has 1 amide bonds. The van der Waals surface area contributed by atoms with Crippen molar-refractivity contribution in [1.82, 2.24) is 0 Å². The van der Waals surface area contributed by atoms with Crippen LogP contribution in [0.25, 0.3) is 0 Å². The van der Waals surface area contributed by atoms with Gasteiger partial charge in [0.1, 0.15) is 17.3 Å². The van der Waals surface area contributed by atoms with Crippen molar-refractivity contribution in [3.05, 3.63) is 86.9 Å². The van der Waals surface area contributed by atoms with E-state index in [4.69, 9.17) is 28.5 Å². The van der Waals surface area contributed by atoms with Gasteiger partial charge in [0.15, 0.2) is 23.3 Å². The highest BCUT2D eigenvalue weighted by molar-refractivity contribution is 7.92. The highest BCUT2D eigenvalue weighted by Crippen LogP contribution is 2.30. The van der Waals surface area contributed by atoms with E-state index in [1.54, 1.807) is 5.32 Å². The Morgan fingerprint density at radius 1 is 0.879 bits per heavy atom. The van der Waals surface area contributed by atoms with Crippen LogP contribution in [0.2, 0.25) is 10.0 Å². The lowest BCUT2D eigenvalue weighted by Crippen LogP contribution is -2.20. The number of nitrogens with zero attached hydrogens (tertiary/aromatic N) is 1. The molecule has 0 radical (unpaired) electrons. The first kappa shape index (κ1) is 24.3. The molecule has 2 N–H and O–H groups in total. The van der Waals surface area contributed by atoms with Crippen molar-refractivity contribution in [1.29, 1.82) is 5.26 Å². The Kier molecular flexibility index (Phi) is 6.83. The minimum Gasteiger partial charge on any atom is -0.317 e. The van der Waals surface area contributed by atoms with Gasteiger partial charge in [-0.3, -0.25) is 9.52 Å². The van der Waals surface area contributed by atoms with Crippen molar-refractivity contribution in [3.63, 3.8) is 0 Å². The van der Waals surface area contributed by atoms with Crippen LogP contribution in [0.4, 0.5) is 28.9 Å². The zero-order chi connectivity index (χ0) is 24.5. The van der Waals surface area contributed by atoms with Crippen molar-refractivity contribution in [2.75, 3.05) is 10.0 Å². The quantitative estimate of drug-likeness (QED) is 0.346. The zero-order valence-electron chi connectivity index (χ0n) is 15.9. The highest BCUT2D eigenvalue weighted by atomic mass is 35.5. The molecular weight excluding hydrogens is 509 g/mol. The molecule has 170 valence electrons. The summed E-state index contributed by atoms with van der Waals surface area (Å²) in [5, 5.41) is 10.5. The second-order valence-electron chi connectivity index (χ2n) is 6.32. The number of hydrogen-bond donors (Lipinski definition) is 2. The van der Waals surface area contributed by atoms with E-state index in [1.807, 2.05) is 0 Å². The van der Waals surface area contributed by atoms with Crippen molar-refractivity contribution in [2.45, 2.75) is 4.90 Å². The third-order valence-corrected chi connectivity index (χ3v) is 6.08. The third kappa shape index (κ3) is 4.88. The van der Waals surface area contributed by atoms with Crippen LogP contribution in [0, 0.1) is 34.6 Å². The first-order valence-corrected chi connectivity index (χ1v) is 10.9. The van der Waals surface area contributed by atoms with Gasteiger partial charge in [0.25, 0.3) is 15.9 Å². The standard InChI is InChI=1S/C20H9Cl2F4N3O3S/c21-9-1-4-11(5-2-9)33(31,32)29-14-6-3-10(22)7-12(14)20(30)28-19-17(25)15(23)13(8-27)16(24)18(19)26/h1-7,29H,(H,28,30). The molecule has 0 aliphatic heterocycles. The Bertz CT molecular complexity index is 1400. The van der Waals surface area contributed by atoms with Crippen LogP contribution < -0.4 is 10.0 Å². The van der Waals surface area contributed by atoms with Crippen LogP contribution in [0.15, 0.2) is 47.4 Å². The van der Waals surface area contributed by atoms with Crippen molar-refractivity contribution < 1.29 is 30.8 Å². The fourth-order valence-electron chi connectivity index (χ4n) is 2.63. The molecule has 0 aliphatic rings. The largest absolute Gasteiger partial charge is 0.317 e. The molecule has 13 heteroatoms. The first-order valence-electron chi connectivity index (χ1n) is 8.61. The van der Waals surface area contributed by atoms with Crippen LogP contribution in [0.3, 0.4) is 0 Å². The first-order chi connectivity index (χ1) is 15.5. The number of benzene rings is 3. The average Bonchev–Trinajstić information content (AvgIpc) is 2.77. The number of nitriles is 1. The zero-order valence-corrected chi connectivity index (χ0v) is 18.2. The molecule has 0 saturated heterocycles. The summed E-state index contributed by atoms with van der Waals surface area (Å²) in [5.41, 5.74) is -3.91. The van der Waals surface area contributed by atoms with E-state index < -0.39 is 56.0 Å². The number of carbonyl (C=O) groups is 1. The molecule has 33 heavy (non-hydrogen) atoms. The molecule has 0 heterocycles. The normalized spacial score (nSPS) is 11.1. The fourth-order valence-corrected chi connectivity index (χ4v) is 4.01. The molecule has 0 bridgehead atoms. The van der Waals surface area contributed by atoms with E-state index in [0.717, 1.165) is 18.2 Å². The second kappa shape index (κ2) is 9.27. The maximum atomic E-state index is 14.2. The Morgan fingerprint density at radius 2 is 1.42 bits per heavy atom. The molecule has 6 nitrogen and oxygen atoms in total. The van der Waals surface area contributed by atoms with Crippen molar-refractivity contribution >= 4 is 50.5 Å².